The summed E-state index contributed by atoms with van der Waals surface area (Å²) in [5, 5.41) is 5.10. The number of rotatable bonds is 7. The van der Waals surface area contributed by atoms with Gasteiger partial charge in [-0.05, 0) is 43.7 Å². The Morgan fingerprint density at radius 1 is 1.04 bits per heavy atom. The Balaban J connectivity index is 1.50. The zero-order valence-corrected chi connectivity index (χ0v) is 15.4. The van der Waals surface area contributed by atoms with Crippen LogP contribution in [0, 0.1) is 6.92 Å². The Kier molecular flexibility index (Phi) is 5.90. The summed E-state index contributed by atoms with van der Waals surface area (Å²) in [4.78, 5) is 12.3. The van der Waals surface area contributed by atoms with Gasteiger partial charge in [0.05, 0.1) is 0 Å². The number of ether oxygens (including phenoxy) is 1. The van der Waals surface area contributed by atoms with Crippen LogP contribution in [0.15, 0.2) is 66.7 Å². The van der Waals surface area contributed by atoms with Gasteiger partial charge in [-0.1, -0.05) is 66.2 Å². The highest BCUT2D eigenvalue weighted by molar-refractivity contribution is 5.89. The Morgan fingerprint density at radius 3 is 2.65 bits per heavy atom. The molecule has 0 spiro atoms. The summed E-state index contributed by atoms with van der Waals surface area (Å²) in [7, 11) is 0. The molecule has 3 rings (SSSR count). The summed E-state index contributed by atoms with van der Waals surface area (Å²) >= 11 is 0. The van der Waals surface area contributed by atoms with E-state index in [0.717, 1.165) is 29.4 Å². The number of carbonyl (C=O) groups excluding carboxylic acids is 1. The van der Waals surface area contributed by atoms with Crippen LogP contribution in [0.1, 0.15) is 24.5 Å². The van der Waals surface area contributed by atoms with Crippen molar-refractivity contribution in [2.45, 2.75) is 32.8 Å². The molecule has 134 valence electrons. The molecule has 0 saturated heterocycles. The topological polar surface area (TPSA) is 38.3 Å². The van der Waals surface area contributed by atoms with Gasteiger partial charge in [-0.2, -0.15) is 0 Å². The maximum atomic E-state index is 12.3. The van der Waals surface area contributed by atoms with Crippen molar-refractivity contribution >= 4 is 16.7 Å². The summed E-state index contributed by atoms with van der Waals surface area (Å²) in [6.45, 7) is 4.53. The fourth-order valence-electron chi connectivity index (χ4n) is 3.06. The second kappa shape index (κ2) is 8.52. The zero-order valence-electron chi connectivity index (χ0n) is 15.4. The molecule has 1 N–H and O–H groups in total. The third-order valence-electron chi connectivity index (χ3n) is 4.45. The molecule has 0 aromatic heterocycles. The molecule has 0 bridgehead atoms. The third-order valence-corrected chi connectivity index (χ3v) is 4.45. The number of amides is 1. The fraction of sp³-hybridized carbons (Fsp3) is 0.261. The molecule has 0 aliphatic carbocycles. The van der Waals surface area contributed by atoms with E-state index in [4.69, 9.17) is 4.74 Å². The van der Waals surface area contributed by atoms with E-state index in [1.165, 1.54) is 11.1 Å². The predicted molar refractivity (Wildman–Crippen MR) is 107 cm³/mol. The van der Waals surface area contributed by atoms with Gasteiger partial charge in [0.15, 0.2) is 6.10 Å². The Labute approximate surface area is 155 Å². The maximum Gasteiger partial charge on any atom is 0.260 e. The molecule has 0 fully saturated rings. The first-order valence-electron chi connectivity index (χ1n) is 9.11. The molecule has 3 aromatic rings. The number of carbonyl (C=O) groups is 1. The molecule has 0 aliphatic rings. The SMILES string of the molecule is Cc1cccc(CCCNC(=O)C(C)Oc2cccc3ccccc23)c1. The maximum absolute atomic E-state index is 12.3. The second-order valence-electron chi connectivity index (χ2n) is 6.62. The molecule has 1 unspecified atom stereocenters. The lowest BCUT2D eigenvalue weighted by Crippen LogP contribution is -2.37. The molecule has 3 aromatic carbocycles. The third kappa shape index (κ3) is 4.63. The Hall–Kier alpha value is -2.81. The van der Waals surface area contributed by atoms with Crippen molar-refractivity contribution < 1.29 is 9.53 Å². The first-order valence-corrected chi connectivity index (χ1v) is 9.11. The van der Waals surface area contributed by atoms with Crippen LogP contribution < -0.4 is 10.1 Å². The first-order chi connectivity index (χ1) is 12.6. The van der Waals surface area contributed by atoms with E-state index in [1.54, 1.807) is 6.92 Å². The summed E-state index contributed by atoms with van der Waals surface area (Å²) < 4.78 is 5.91. The van der Waals surface area contributed by atoms with Gasteiger partial charge < -0.3 is 10.1 Å². The van der Waals surface area contributed by atoms with Crippen LogP contribution in [0.4, 0.5) is 0 Å². The minimum atomic E-state index is -0.528. The van der Waals surface area contributed by atoms with E-state index in [1.807, 2.05) is 42.5 Å². The second-order valence-corrected chi connectivity index (χ2v) is 6.62. The Bertz CT molecular complexity index is 883. The minimum Gasteiger partial charge on any atom is -0.480 e. The fourth-order valence-corrected chi connectivity index (χ4v) is 3.06. The smallest absolute Gasteiger partial charge is 0.260 e. The lowest BCUT2D eigenvalue weighted by molar-refractivity contribution is -0.127. The van der Waals surface area contributed by atoms with Crippen molar-refractivity contribution in [1.82, 2.24) is 5.32 Å². The number of fused-ring (bicyclic) bond motifs is 1. The van der Waals surface area contributed by atoms with Gasteiger partial charge in [0.25, 0.3) is 5.91 Å². The molecular formula is C23H25NO2. The average Bonchev–Trinajstić information content (AvgIpc) is 2.65. The van der Waals surface area contributed by atoms with Crippen LogP contribution in [0.5, 0.6) is 5.75 Å². The number of aryl methyl sites for hydroxylation is 2. The lowest BCUT2D eigenvalue weighted by atomic mass is 10.1. The van der Waals surface area contributed by atoms with Gasteiger partial charge >= 0.3 is 0 Å². The van der Waals surface area contributed by atoms with Crippen molar-refractivity contribution in [3.8, 4) is 5.75 Å². The van der Waals surface area contributed by atoms with Gasteiger partial charge in [-0.25, -0.2) is 0 Å². The minimum absolute atomic E-state index is 0.0813. The van der Waals surface area contributed by atoms with Gasteiger partial charge in [0.2, 0.25) is 0 Å². The van der Waals surface area contributed by atoms with Crippen molar-refractivity contribution in [2.75, 3.05) is 6.54 Å². The van der Waals surface area contributed by atoms with Crippen molar-refractivity contribution in [1.29, 1.82) is 0 Å². The number of nitrogens with one attached hydrogen (secondary N) is 1. The molecular weight excluding hydrogens is 322 g/mol. The van der Waals surface area contributed by atoms with Crippen LogP contribution in [0.3, 0.4) is 0 Å². The predicted octanol–water partition coefficient (Wildman–Crippen LogP) is 4.66. The summed E-state index contributed by atoms with van der Waals surface area (Å²) in [5.41, 5.74) is 2.57. The quantitative estimate of drug-likeness (QED) is 0.631. The number of hydrogen-bond donors (Lipinski definition) is 1. The zero-order chi connectivity index (χ0) is 18.4. The van der Waals surface area contributed by atoms with Gasteiger partial charge in [0, 0.05) is 11.9 Å². The largest absolute Gasteiger partial charge is 0.480 e. The van der Waals surface area contributed by atoms with Gasteiger partial charge in [-0.15, -0.1) is 0 Å². The molecule has 1 amide bonds. The molecule has 3 heteroatoms. The highest BCUT2D eigenvalue weighted by Gasteiger charge is 2.15. The van der Waals surface area contributed by atoms with E-state index in [9.17, 15) is 4.79 Å². The van der Waals surface area contributed by atoms with Crippen molar-refractivity contribution in [3.63, 3.8) is 0 Å². The molecule has 0 radical (unpaired) electrons. The normalized spacial score (nSPS) is 11.9. The summed E-state index contributed by atoms with van der Waals surface area (Å²) in [6, 6.07) is 22.4. The molecule has 0 saturated carbocycles. The number of hydrogen-bond acceptors (Lipinski definition) is 2. The lowest BCUT2D eigenvalue weighted by Gasteiger charge is -2.16. The molecule has 0 heterocycles. The molecule has 1 atom stereocenters. The summed E-state index contributed by atoms with van der Waals surface area (Å²) in [6.07, 6.45) is 1.34. The van der Waals surface area contributed by atoms with Crippen molar-refractivity contribution in [3.05, 3.63) is 77.9 Å². The summed E-state index contributed by atoms with van der Waals surface area (Å²) in [5.74, 6) is 0.660. The highest BCUT2D eigenvalue weighted by Crippen LogP contribution is 2.26. The van der Waals surface area contributed by atoms with E-state index in [2.05, 4.69) is 36.5 Å². The van der Waals surface area contributed by atoms with Gasteiger partial charge in [-0.3, -0.25) is 4.79 Å². The van der Waals surface area contributed by atoms with Crippen molar-refractivity contribution in [2.24, 2.45) is 0 Å². The monoisotopic (exact) mass is 347 g/mol. The highest BCUT2D eigenvalue weighted by atomic mass is 16.5. The van der Waals surface area contributed by atoms with E-state index < -0.39 is 6.10 Å². The van der Waals surface area contributed by atoms with Gasteiger partial charge in [0.1, 0.15) is 5.75 Å². The van der Waals surface area contributed by atoms with Crippen LogP contribution in [-0.4, -0.2) is 18.6 Å². The molecule has 26 heavy (non-hydrogen) atoms. The van der Waals surface area contributed by atoms with E-state index in [0.29, 0.717) is 6.54 Å². The van der Waals surface area contributed by atoms with E-state index in [-0.39, 0.29) is 5.91 Å². The molecule has 3 nitrogen and oxygen atoms in total. The molecule has 0 aliphatic heterocycles. The Morgan fingerprint density at radius 2 is 1.81 bits per heavy atom. The average molecular weight is 347 g/mol. The first kappa shape index (κ1) is 18.0. The van der Waals surface area contributed by atoms with Crippen LogP contribution >= 0.6 is 0 Å². The van der Waals surface area contributed by atoms with E-state index >= 15 is 0 Å². The van der Waals surface area contributed by atoms with Crippen LogP contribution in [-0.2, 0) is 11.2 Å². The standard InChI is InChI=1S/C23H25NO2/c1-17-8-5-9-19(16-17)10-7-15-24-23(25)18(2)26-22-14-6-12-20-11-3-4-13-21(20)22/h3-6,8-9,11-14,16,18H,7,10,15H2,1-2H3,(H,24,25). The van der Waals surface area contributed by atoms with Crippen LogP contribution in [0.2, 0.25) is 0 Å². The van der Waals surface area contributed by atoms with Crippen LogP contribution in [0.25, 0.3) is 10.8 Å². The number of benzene rings is 3.